The molecule has 1 aliphatic heterocycles. The molecule has 2 rings (SSSR count). The normalized spacial score (nSPS) is 20.6. The average Bonchev–Trinajstić information content (AvgIpc) is 2.68. The van der Waals surface area contributed by atoms with Gasteiger partial charge in [-0.25, -0.2) is 0 Å². The van der Waals surface area contributed by atoms with Crippen molar-refractivity contribution in [2.75, 3.05) is 14.2 Å². The number of thioether (sulfide) groups is 1. The molecule has 1 aromatic rings. The molecule has 1 aliphatic rings. The van der Waals surface area contributed by atoms with Crippen LogP contribution in [0.2, 0.25) is 0 Å². The molecular formula is C12H13NO3S. The zero-order valence-electron chi connectivity index (χ0n) is 9.60. The van der Waals surface area contributed by atoms with E-state index in [1.54, 1.807) is 6.08 Å². The lowest BCUT2D eigenvalue weighted by molar-refractivity contribution is -0.160. The molecule has 0 saturated carbocycles. The first-order chi connectivity index (χ1) is 8.19. The Balaban J connectivity index is 2.24. The van der Waals surface area contributed by atoms with Gasteiger partial charge >= 0.3 is 5.24 Å². The van der Waals surface area contributed by atoms with Gasteiger partial charge in [-0.3, -0.25) is 10.1 Å². The fourth-order valence-corrected chi connectivity index (χ4v) is 2.42. The van der Waals surface area contributed by atoms with Crippen molar-refractivity contribution < 1.29 is 14.3 Å². The number of benzene rings is 1. The molecule has 1 saturated heterocycles. The molecule has 0 aliphatic carbocycles. The summed E-state index contributed by atoms with van der Waals surface area (Å²) in [6.07, 6.45) is 1.81. The third-order valence-corrected chi connectivity index (χ3v) is 3.60. The van der Waals surface area contributed by atoms with Gasteiger partial charge in [-0.05, 0) is 23.4 Å². The van der Waals surface area contributed by atoms with E-state index < -0.39 is 5.24 Å². The Labute approximate surface area is 104 Å². The molecule has 0 atom stereocenters. The number of amides is 1. The molecule has 0 bridgehead atoms. The Morgan fingerprint density at radius 3 is 2.41 bits per heavy atom. The van der Waals surface area contributed by atoms with E-state index in [0.717, 1.165) is 5.56 Å². The van der Waals surface area contributed by atoms with Gasteiger partial charge in [0, 0.05) is 14.2 Å². The molecule has 17 heavy (non-hydrogen) atoms. The van der Waals surface area contributed by atoms with Crippen LogP contribution in [0.5, 0.6) is 0 Å². The van der Waals surface area contributed by atoms with Gasteiger partial charge in [-0.15, -0.1) is 0 Å². The second-order valence-electron chi connectivity index (χ2n) is 3.44. The SMILES string of the molecule is COC1(OC)NC(=O)/C(=C/c2ccccc2)S1. The van der Waals surface area contributed by atoms with Crippen molar-refractivity contribution in [2.45, 2.75) is 5.24 Å². The molecule has 1 amide bonds. The lowest BCUT2D eigenvalue weighted by Crippen LogP contribution is -2.42. The first-order valence-electron chi connectivity index (χ1n) is 5.08. The number of carbonyl (C=O) groups excluding carboxylic acids is 1. The average molecular weight is 251 g/mol. The van der Waals surface area contributed by atoms with E-state index in [-0.39, 0.29) is 5.91 Å². The molecule has 0 aromatic heterocycles. The van der Waals surface area contributed by atoms with Gasteiger partial charge in [0.1, 0.15) is 0 Å². The van der Waals surface area contributed by atoms with Crippen LogP contribution in [0.1, 0.15) is 5.56 Å². The van der Waals surface area contributed by atoms with Crippen LogP contribution in [0.4, 0.5) is 0 Å². The highest BCUT2D eigenvalue weighted by Crippen LogP contribution is 2.38. The highest BCUT2D eigenvalue weighted by atomic mass is 32.2. The van der Waals surface area contributed by atoms with Crippen molar-refractivity contribution in [3.63, 3.8) is 0 Å². The van der Waals surface area contributed by atoms with Crippen molar-refractivity contribution >= 4 is 23.7 Å². The summed E-state index contributed by atoms with van der Waals surface area (Å²) in [5, 5.41) is 1.55. The van der Waals surface area contributed by atoms with Crippen LogP contribution < -0.4 is 5.32 Å². The summed E-state index contributed by atoms with van der Waals surface area (Å²) in [7, 11) is 2.98. The zero-order valence-corrected chi connectivity index (χ0v) is 10.4. The van der Waals surface area contributed by atoms with Crippen LogP contribution in [-0.4, -0.2) is 25.4 Å². The lowest BCUT2D eigenvalue weighted by Gasteiger charge is -2.22. The number of ether oxygens (including phenoxy) is 2. The van der Waals surface area contributed by atoms with Crippen LogP contribution in [0.15, 0.2) is 35.2 Å². The Morgan fingerprint density at radius 2 is 1.88 bits per heavy atom. The molecular weight excluding hydrogens is 238 g/mol. The van der Waals surface area contributed by atoms with Gasteiger partial charge in [0.15, 0.2) is 0 Å². The van der Waals surface area contributed by atoms with Crippen LogP contribution in [0.25, 0.3) is 6.08 Å². The first kappa shape index (κ1) is 12.2. The fraction of sp³-hybridized carbons (Fsp3) is 0.250. The molecule has 1 aromatic carbocycles. The van der Waals surface area contributed by atoms with E-state index in [9.17, 15) is 4.79 Å². The predicted molar refractivity (Wildman–Crippen MR) is 66.9 cm³/mol. The number of methoxy groups -OCH3 is 2. The Kier molecular flexibility index (Phi) is 3.51. The Bertz CT molecular complexity index is 440. The Hall–Kier alpha value is -1.30. The van der Waals surface area contributed by atoms with Gasteiger partial charge < -0.3 is 9.47 Å². The highest BCUT2D eigenvalue weighted by molar-refractivity contribution is 8.05. The van der Waals surface area contributed by atoms with Crippen molar-refractivity contribution in [1.82, 2.24) is 5.32 Å². The first-order valence-corrected chi connectivity index (χ1v) is 5.89. The topological polar surface area (TPSA) is 47.6 Å². The molecule has 0 radical (unpaired) electrons. The largest absolute Gasteiger partial charge is 0.327 e. The number of hydrogen-bond acceptors (Lipinski definition) is 4. The standard InChI is InChI=1S/C12H13NO3S/c1-15-12(16-2)13-11(14)10(17-12)8-9-6-4-3-5-7-9/h3-8H,1-2H3,(H,13,14)/b10-8-. The monoisotopic (exact) mass is 251 g/mol. The maximum atomic E-state index is 11.8. The maximum Gasteiger partial charge on any atom is 0.309 e. The van der Waals surface area contributed by atoms with Crippen LogP contribution >= 0.6 is 11.8 Å². The highest BCUT2D eigenvalue weighted by Gasteiger charge is 2.43. The molecule has 1 heterocycles. The minimum Gasteiger partial charge on any atom is -0.327 e. The van der Waals surface area contributed by atoms with E-state index in [1.165, 1.54) is 26.0 Å². The van der Waals surface area contributed by atoms with E-state index >= 15 is 0 Å². The maximum absolute atomic E-state index is 11.8. The molecule has 90 valence electrons. The van der Waals surface area contributed by atoms with Crippen LogP contribution in [-0.2, 0) is 14.3 Å². The summed E-state index contributed by atoms with van der Waals surface area (Å²) in [6, 6.07) is 9.63. The van der Waals surface area contributed by atoms with Crippen molar-refractivity contribution in [3.8, 4) is 0 Å². The predicted octanol–water partition coefficient (Wildman–Crippen LogP) is 1.79. The Morgan fingerprint density at radius 1 is 1.24 bits per heavy atom. The van der Waals surface area contributed by atoms with Crippen molar-refractivity contribution in [1.29, 1.82) is 0 Å². The van der Waals surface area contributed by atoms with E-state index in [2.05, 4.69) is 5.32 Å². The second kappa shape index (κ2) is 4.91. The summed E-state index contributed by atoms with van der Waals surface area (Å²) >= 11 is 1.22. The minimum atomic E-state index is -1.10. The molecule has 4 nitrogen and oxygen atoms in total. The molecule has 0 unspecified atom stereocenters. The molecule has 1 fully saturated rings. The van der Waals surface area contributed by atoms with Crippen LogP contribution in [0, 0.1) is 0 Å². The lowest BCUT2D eigenvalue weighted by atomic mass is 10.2. The van der Waals surface area contributed by atoms with Gasteiger partial charge in [0.25, 0.3) is 5.91 Å². The summed E-state index contributed by atoms with van der Waals surface area (Å²) < 4.78 is 10.3. The molecule has 0 spiro atoms. The third kappa shape index (κ3) is 2.52. The van der Waals surface area contributed by atoms with Crippen LogP contribution in [0.3, 0.4) is 0 Å². The summed E-state index contributed by atoms with van der Waals surface area (Å²) in [5.41, 5.74) is 0.966. The van der Waals surface area contributed by atoms with E-state index in [0.29, 0.717) is 4.91 Å². The third-order valence-electron chi connectivity index (χ3n) is 2.37. The number of nitrogens with one attached hydrogen (secondary N) is 1. The smallest absolute Gasteiger partial charge is 0.309 e. The molecule has 1 N–H and O–H groups in total. The minimum absolute atomic E-state index is 0.192. The number of rotatable bonds is 3. The zero-order chi connectivity index (χ0) is 12.3. The fourth-order valence-electron chi connectivity index (χ4n) is 1.48. The summed E-state index contributed by atoms with van der Waals surface area (Å²) in [4.78, 5) is 12.3. The summed E-state index contributed by atoms with van der Waals surface area (Å²) in [5.74, 6) is -0.192. The van der Waals surface area contributed by atoms with Crippen molar-refractivity contribution in [3.05, 3.63) is 40.8 Å². The van der Waals surface area contributed by atoms with Gasteiger partial charge in [0.2, 0.25) is 0 Å². The second-order valence-corrected chi connectivity index (χ2v) is 4.62. The summed E-state index contributed by atoms with van der Waals surface area (Å²) in [6.45, 7) is 0. The van der Waals surface area contributed by atoms with Gasteiger partial charge in [-0.1, -0.05) is 30.3 Å². The van der Waals surface area contributed by atoms with E-state index in [1.807, 2.05) is 30.3 Å². The number of hydrogen-bond donors (Lipinski definition) is 1. The van der Waals surface area contributed by atoms with Gasteiger partial charge in [0.05, 0.1) is 4.91 Å². The van der Waals surface area contributed by atoms with Crippen molar-refractivity contribution in [2.24, 2.45) is 0 Å². The van der Waals surface area contributed by atoms with E-state index in [4.69, 9.17) is 9.47 Å². The quantitative estimate of drug-likeness (QED) is 0.657. The number of carbonyl (C=O) groups is 1. The molecule has 5 heteroatoms. The van der Waals surface area contributed by atoms with Gasteiger partial charge in [-0.2, -0.15) is 0 Å².